The highest BCUT2D eigenvalue weighted by Crippen LogP contribution is 2.29. The minimum absolute atomic E-state index is 0.508. The lowest BCUT2D eigenvalue weighted by molar-refractivity contribution is -0.137. The third kappa shape index (κ3) is 8.44. The van der Waals surface area contributed by atoms with E-state index in [2.05, 4.69) is 48.3 Å². The van der Waals surface area contributed by atoms with Gasteiger partial charge >= 0.3 is 6.18 Å². The maximum atomic E-state index is 12.6. The van der Waals surface area contributed by atoms with Gasteiger partial charge in [0.05, 0.1) is 5.56 Å². The smallest absolute Gasteiger partial charge is 0.309 e. The molecule has 0 heterocycles. The number of rotatable bonds is 9. The van der Waals surface area contributed by atoms with Crippen LogP contribution in [0.3, 0.4) is 0 Å². The molecule has 33 heavy (non-hydrogen) atoms. The Kier molecular flexibility index (Phi) is 9.15. The van der Waals surface area contributed by atoms with Crippen LogP contribution in [-0.2, 0) is 25.7 Å². The minimum Gasteiger partial charge on any atom is -0.309 e. The van der Waals surface area contributed by atoms with Gasteiger partial charge in [-0.05, 0) is 65.9 Å². The fourth-order valence-corrected chi connectivity index (χ4v) is 3.52. The lowest BCUT2D eigenvalue weighted by Gasteiger charge is -2.08. The molecule has 0 fully saturated rings. The first kappa shape index (κ1) is 24.6. The Labute approximate surface area is 195 Å². The van der Waals surface area contributed by atoms with Crippen molar-refractivity contribution in [3.63, 3.8) is 0 Å². The lowest BCUT2D eigenvalue weighted by atomic mass is 10.0. The normalized spacial score (nSPS) is 11.2. The van der Waals surface area contributed by atoms with Gasteiger partial charge in [-0.3, -0.25) is 0 Å². The summed E-state index contributed by atoms with van der Waals surface area (Å²) in [7, 11) is 0. The molecule has 0 radical (unpaired) electrons. The van der Waals surface area contributed by atoms with E-state index in [1.165, 1.54) is 43.4 Å². The van der Waals surface area contributed by atoms with Crippen LogP contribution >= 0.6 is 0 Å². The summed E-state index contributed by atoms with van der Waals surface area (Å²) in [6, 6.07) is 21.8. The molecule has 0 bridgehead atoms. The largest absolute Gasteiger partial charge is 0.416 e. The van der Waals surface area contributed by atoms with Crippen molar-refractivity contribution in [1.29, 1.82) is 0 Å². The average Bonchev–Trinajstić information content (AvgIpc) is 2.82. The van der Waals surface area contributed by atoms with Crippen LogP contribution in [0, 0.1) is 11.8 Å². The van der Waals surface area contributed by atoms with E-state index in [1.807, 2.05) is 24.3 Å². The van der Waals surface area contributed by atoms with Crippen molar-refractivity contribution >= 4 is 0 Å². The number of unbranched alkanes of at least 4 members (excludes halogenated alkanes) is 3. The highest BCUT2D eigenvalue weighted by atomic mass is 19.4. The monoisotopic (exact) mass is 449 g/mol. The number of hydrogen-bond donors (Lipinski definition) is 1. The molecule has 0 aliphatic heterocycles. The van der Waals surface area contributed by atoms with Crippen molar-refractivity contribution in [2.24, 2.45) is 0 Å². The molecule has 0 saturated heterocycles. The van der Waals surface area contributed by atoms with Gasteiger partial charge in [-0.25, -0.2) is 0 Å². The third-order valence-electron chi connectivity index (χ3n) is 5.52. The summed E-state index contributed by atoms with van der Waals surface area (Å²) < 4.78 is 37.9. The predicted octanol–water partition coefficient (Wildman–Crippen LogP) is 7.52. The second kappa shape index (κ2) is 12.3. The van der Waals surface area contributed by atoms with E-state index in [9.17, 15) is 13.2 Å². The number of halogens is 3. The molecule has 3 aromatic rings. The van der Waals surface area contributed by atoms with Crippen LogP contribution in [0.15, 0.2) is 72.8 Å². The van der Waals surface area contributed by atoms with Gasteiger partial charge in [-0.15, -0.1) is 0 Å². The molecule has 3 rings (SSSR count). The fourth-order valence-electron chi connectivity index (χ4n) is 3.52. The number of benzene rings is 3. The quantitative estimate of drug-likeness (QED) is 0.263. The second-order valence-electron chi connectivity index (χ2n) is 8.25. The van der Waals surface area contributed by atoms with Crippen molar-refractivity contribution in [1.82, 2.24) is 5.32 Å². The Morgan fingerprint density at radius 2 is 1.12 bits per heavy atom. The fraction of sp³-hybridized carbons (Fsp3) is 0.310. The maximum absolute atomic E-state index is 12.6. The molecular weight excluding hydrogens is 419 g/mol. The molecule has 0 aromatic heterocycles. The first-order chi connectivity index (χ1) is 15.9. The van der Waals surface area contributed by atoms with Gasteiger partial charge in [-0.2, -0.15) is 13.2 Å². The van der Waals surface area contributed by atoms with E-state index in [-0.39, 0.29) is 0 Å². The summed E-state index contributed by atoms with van der Waals surface area (Å²) in [4.78, 5) is 0. The number of hydrogen-bond acceptors (Lipinski definition) is 1. The molecule has 1 nitrogen and oxygen atoms in total. The Morgan fingerprint density at radius 3 is 1.61 bits per heavy atom. The molecule has 3 aromatic carbocycles. The van der Waals surface area contributed by atoms with Crippen molar-refractivity contribution in [3.05, 3.63) is 106 Å². The van der Waals surface area contributed by atoms with Crippen LogP contribution in [0.4, 0.5) is 13.2 Å². The highest BCUT2D eigenvalue weighted by Gasteiger charge is 2.29. The maximum Gasteiger partial charge on any atom is 0.416 e. The average molecular weight is 450 g/mol. The first-order valence-electron chi connectivity index (χ1n) is 11.5. The molecule has 0 unspecified atom stereocenters. The Hall–Kier alpha value is -3.03. The van der Waals surface area contributed by atoms with Crippen molar-refractivity contribution < 1.29 is 13.2 Å². The Balaban J connectivity index is 1.45. The van der Waals surface area contributed by atoms with Crippen LogP contribution in [0.1, 0.15) is 66.0 Å². The second-order valence-corrected chi connectivity index (χ2v) is 8.25. The van der Waals surface area contributed by atoms with Gasteiger partial charge in [0.1, 0.15) is 0 Å². The van der Waals surface area contributed by atoms with Gasteiger partial charge in [-0.1, -0.05) is 74.4 Å². The summed E-state index contributed by atoms with van der Waals surface area (Å²) >= 11 is 0. The molecule has 172 valence electrons. The number of nitrogens with one attached hydrogen (secondary N) is 1. The molecular formula is C29H30F3N. The van der Waals surface area contributed by atoms with Crippen molar-refractivity contribution in [2.75, 3.05) is 0 Å². The summed E-state index contributed by atoms with van der Waals surface area (Å²) in [5.41, 5.74) is 4.61. The van der Waals surface area contributed by atoms with Crippen LogP contribution in [0.5, 0.6) is 0 Å². The van der Waals surface area contributed by atoms with E-state index in [0.29, 0.717) is 13.1 Å². The number of aryl methyl sites for hydroxylation is 1. The summed E-state index contributed by atoms with van der Waals surface area (Å²) in [6.45, 7) is 3.37. The standard InChI is InChI=1S/C29H30F3N/c1-2-3-4-5-6-23-7-9-24(10-8-23)11-12-25-13-15-26(16-14-25)21-33-22-27-17-19-28(20-18-27)29(30,31)32/h7-10,13-20,33H,2-6,21-22H2,1H3. The molecule has 0 amide bonds. The van der Waals surface area contributed by atoms with Crippen LogP contribution in [0.25, 0.3) is 0 Å². The predicted molar refractivity (Wildman–Crippen MR) is 129 cm³/mol. The molecule has 1 N–H and O–H groups in total. The zero-order chi connectivity index (χ0) is 23.5. The van der Waals surface area contributed by atoms with Crippen molar-refractivity contribution in [3.8, 4) is 11.8 Å². The van der Waals surface area contributed by atoms with E-state index in [1.54, 1.807) is 0 Å². The SMILES string of the molecule is CCCCCCc1ccc(C#Cc2ccc(CNCc3ccc(C(F)(F)F)cc3)cc2)cc1. The van der Waals surface area contributed by atoms with E-state index in [0.717, 1.165) is 40.8 Å². The Bertz CT molecular complexity index is 1040. The molecule has 0 atom stereocenters. The molecule has 4 heteroatoms. The van der Waals surface area contributed by atoms with Crippen molar-refractivity contribution in [2.45, 2.75) is 58.3 Å². The molecule has 0 saturated carbocycles. The summed E-state index contributed by atoms with van der Waals surface area (Å²) in [5.74, 6) is 6.42. The zero-order valence-electron chi connectivity index (χ0n) is 19.0. The zero-order valence-corrected chi connectivity index (χ0v) is 19.0. The van der Waals surface area contributed by atoms with Gasteiger partial charge in [0.15, 0.2) is 0 Å². The highest BCUT2D eigenvalue weighted by molar-refractivity contribution is 5.44. The lowest BCUT2D eigenvalue weighted by Crippen LogP contribution is -2.13. The van der Waals surface area contributed by atoms with Gasteiger partial charge in [0, 0.05) is 24.2 Å². The summed E-state index contributed by atoms with van der Waals surface area (Å²) in [6.07, 6.45) is 1.92. The first-order valence-corrected chi connectivity index (χ1v) is 11.5. The van der Waals surface area contributed by atoms with E-state index >= 15 is 0 Å². The van der Waals surface area contributed by atoms with Gasteiger partial charge < -0.3 is 5.32 Å². The van der Waals surface area contributed by atoms with Gasteiger partial charge in [0.2, 0.25) is 0 Å². The minimum atomic E-state index is -4.30. The molecule has 0 aliphatic carbocycles. The van der Waals surface area contributed by atoms with Crippen LogP contribution in [0.2, 0.25) is 0 Å². The summed E-state index contributed by atoms with van der Waals surface area (Å²) in [5, 5.41) is 3.26. The van der Waals surface area contributed by atoms with E-state index in [4.69, 9.17) is 0 Å². The Morgan fingerprint density at radius 1 is 0.636 bits per heavy atom. The topological polar surface area (TPSA) is 12.0 Å². The van der Waals surface area contributed by atoms with Crippen LogP contribution in [-0.4, -0.2) is 0 Å². The molecule has 0 aliphatic rings. The third-order valence-corrected chi connectivity index (χ3v) is 5.52. The van der Waals surface area contributed by atoms with Crippen LogP contribution < -0.4 is 5.32 Å². The van der Waals surface area contributed by atoms with E-state index < -0.39 is 11.7 Å². The number of alkyl halides is 3. The van der Waals surface area contributed by atoms with Gasteiger partial charge in [0.25, 0.3) is 0 Å². The molecule has 0 spiro atoms.